The van der Waals surface area contributed by atoms with E-state index in [2.05, 4.69) is 17.7 Å². The molecule has 1 aliphatic rings. The molecule has 3 nitrogen and oxygen atoms in total. The fourth-order valence-corrected chi connectivity index (χ4v) is 2.31. The van der Waals surface area contributed by atoms with Gasteiger partial charge in [-0.3, -0.25) is 0 Å². The van der Waals surface area contributed by atoms with E-state index in [1.54, 1.807) is 0 Å². The molecule has 0 radical (unpaired) electrons. The van der Waals surface area contributed by atoms with Crippen molar-refractivity contribution in [2.45, 2.75) is 78.1 Å². The van der Waals surface area contributed by atoms with Crippen LogP contribution in [0.1, 0.15) is 78.1 Å². The standard InChI is InChI=1S/C14H28N.C2H4O2/c1-2-3-4-5-6-7-8-9-12-15-13-10-11-14-15;1-2(3)4/h13H,2-12,14H2,1H3;1H3,(H,3,4)/q+1;/p-1. The Bertz CT molecular complexity index is 245. The van der Waals surface area contributed by atoms with Crippen LogP contribution in [0.5, 0.6) is 0 Å². The highest BCUT2D eigenvalue weighted by molar-refractivity contribution is 5.60. The third-order valence-corrected chi connectivity index (χ3v) is 3.34. The van der Waals surface area contributed by atoms with Gasteiger partial charge in [0.05, 0.1) is 0 Å². The fourth-order valence-electron chi connectivity index (χ4n) is 2.31. The highest BCUT2D eigenvalue weighted by Crippen LogP contribution is 2.08. The highest BCUT2D eigenvalue weighted by Gasteiger charge is 2.09. The average molecular weight is 269 g/mol. The summed E-state index contributed by atoms with van der Waals surface area (Å²) in [6.07, 6.45) is 16.6. The first-order chi connectivity index (χ1) is 9.16. The summed E-state index contributed by atoms with van der Waals surface area (Å²) in [6, 6.07) is 0. The van der Waals surface area contributed by atoms with E-state index in [1.165, 1.54) is 77.3 Å². The summed E-state index contributed by atoms with van der Waals surface area (Å²) in [7, 11) is 0. The number of hydrogen-bond acceptors (Lipinski definition) is 2. The maximum Gasteiger partial charge on any atom is 0.143 e. The molecule has 0 aromatic heterocycles. The number of carboxylic acids is 1. The second kappa shape index (κ2) is 13.6. The Balaban J connectivity index is 0.000000711. The number of carbonyl (C=O) groups is 1. The van der Waals surface area contributed by atoms with Crippen molar-refractivity contribution >= 4 is 12.2 Å². The molecule has 3 heteroatoms. The van der Waals surface area contributed by atoms with Gasteiger partial charge in [0.25, 0.3) is 0 Å². The number of nitrogens with zero attached hydrogens (tertiary/aromatic N) is 1. The van der Waals surface area contributed by atoms with Gasteiger partial charge in [0, 0.05) is 25.2 Å². The van der Waals surface area contributed by atoms with Crippen molar-refractivity contribution in [3.05, 3.63) is 0 Å². The fraction of sp³-hybridized carbons (Fsp3) is 0.875. The Morgan fingerprint density at radius 3 is 2.11 bits per heavy atom. The van der Waals surface area contributed by atoms with Crippen LogP contribution in [0, 0.1) is 0 Å². The molecule has 0 aromatic rings. The maximum atomic E-state index is 8.89. The van der Waals surface area contributed by atoms with Crippen LogP contribution in [0.4, 0.5) is 0 Å². The molecule has 0 aliphatic carbocycles. The molecule has 1 aliphatic heterocycles. The van der Waals surface area contributed by atoms with Gasteiger partial charge in [0.2, 0.25) is 0 Å². The lowest BCUT2D eigenvalue weighted by molar-refractivity contribution is -0.516. The maximum absolute atomic E-state index is 8.89. The molecule has 0 unspecified atom stereocenters. The molecule has 0 spiro atoms. The van der Waals surface area contributed by atoms with Crippen molar-refractivity contribution in [2.24, 2.45) is 0 Å². The van der Waals surface area contributed by atoms with Crippen LogP contribution in [-0.4, -0.2) is 29.8 Å². The summed E-state index contributed by atoms with van der Waals surface area (Å²) >= 11 is 0. The van der Waals surface area contributed by atoms with Crippen LogP contribution in [0.25, 0.3) is 0 Å². The number of hydrogen-bond donors (Lipinski definition) is 0. The van der Waals surface area contributed by atoms with Crippen LogP contribution in [-0.2, 0) is 4.79 Å². The second-order valence-electron chi connectivity index (χ2n) is 5.33. The zero-order chi connectivity index (χ0) is 14.3. The molecule has 19 heavy (non-hydrogen) atoms. The SMILES string of the molecule is CC(=O)[O-].CCCCCCCCCC[N+]1=CCCC1. The normalized spacial score (nSPS) is 13.7. The first kappa shape index (κ1) is 18.1. The minimum Gasteiger partial charge on any atom is -0.550 e. The zero-order valence-corrected chi connectivity index (χ0v) is 12.8. The lowest BCUT2D eigenvalue weighted by atomic mass is 10.1. The van der Waals surface area contributed by atoms with Crippen molar-refractivity contribution in [1.82, 2.24) is 0 Å². The minimum absolute atomic E-state index is 0.972. The average Bonchev–Trinajstić information content (AvgIpc) is 2.85. The van der Waals surface area contributed by atoms with Gasteiger partial charge in [-0.15, -0.1) is 0 Å². The molecule has 1 heterocycles. The van der Waals surface area contributed by atoms with Gasteiger partial charge >= 0.3 is 0 Å². The molecule has 1 rings (SSSR count). The van der Waals surface area contributed by atoms with E-state index in [1.807, 2.05) is 0 Å². The summed E-state index contributed by atoms with van der Waals surface area (Å²) < 4.78 is 2.51. The molecule has 0 amide bonds. The lowest BCUT2D eigenvalue weighted by Gasteiger charge is -2.00. The van der Waals surface area contributed by atoms with Crippen molar-refractivity contribution in [3.63, 3.8) is 0 Å². The highest BCUT2D eigenvalue weighted by atomic mass is 16.4. The smallest absolute Gasteiger partial charge is 0.143 e. The Hall–Kier alpha value is -0.860. The summed E-state index contributed by atoms with van der Waals surface area (Å²) in [5.74, 6) is -1.08. The molecule has 0 saturated carbocycles. The molecule has 0 aromatic carbocycles. The molecule has 0 fully saturated rings. The van der Waals surface area contributed by atoms with Gasteiger partial charge in [-0.05, 0) is 13.3 Å². The van der Waals surface area contributed by atoms with Gasteiger partial charge in [0.15, 0.2) is 0 Å². The van der Waals surface area contributed by atoms with Crippen LogP contribution >= 0.6 is 0 Å². The van der Waals surface area contributed by atoms with Crippen molar-refractivity contribution in [3.8, 4) is 0 Å². The molecule has 0 atom stereocenters. The number of rotatable bonds is 9. The van der Waals surface area contributed by atoms with Gasteiger partial charge < -0.3 is 9.90 Å². The quantitative estimate of drug-likeness (QED) is 0.477. The summed E-state index contributed by atoms with van der Waals surface area (Å²) in [5.41, 5.74) is 0. The Morgan fingerprint density at radius 2 is 1.63 bits per heavy atom. The third kappa shape index (κ3) is 15.1. The van der Waals surface area contributed by atoms with E-state index in [-0.39, 0.29) is 0 Å². The summed E-state index contributed by atoms with van der Waals surface area (Å²) in [6.45, 7) is 5.89. The van der Waals surface area contributed by atoms with Gasteiger partial charge in [-0.2, -0.15) is 0 Å². The number of carboxylic acid groups (broad SMARTS) is 1. The Kier molecular flexibility index (Phi) is 13.0. The first-order valence-electron chi connectivity index (χ1n) is 7.91. The van der Waals surface area contributed by atoms with Crippen molar-refractivity contribution in [2.75, 3.05) is 13.1 Å². The molecule has 0 N–H and O–H groups in total. The van der Waals surface area contributed by atoms with Crippen LogP contribution in [0.2, 0.25) is 0 Å². The minimum atomic E-state index is -1.08. The Morgan fingerprint density at radius 1 is 1.11 bits per heavy atom. The molecular formula is C16H31NO2. The van der Waals surface area contributed by atoms with Crippen LogP contribution in [0.3, 0.4) is 0 Å². The monoisotopic (exact) mass is 269 g/mol. The zero-order valence-electron chi connectivity index (χ0n) is 12.8. The van der Waals surface area contributed by atoms with Crippen LogP contribution < -0.4 is 5.11 Å². The topological polar surface area (TPSA) is 43.1 Å². The predicted octanol–water partition coefficient (Wildman–Crippen LogP) is 2.76. The van der Waals surface area contributed by atoms with E-state index in [9.17, 15) is 0 Å². The van der Waals surface area contributed by atoms with Crippen LogP contribution in [0.15, 0.2) is 0 Å². The summed E-state index contributed by atoms with van der Waals surface area (Å²) in [4.78, 5) is 8.89. The van der Waals surface area contributed by atoms with Gasteiger partial charge in [-0.1, -0.05) is 45.4 Å². The largest absolute Gasteiger partial charge is 0.550 e. The number of unbranched alkanes of at least 4 members (excludes halogenated alkanes) is 7. The number of carbonyl (C=O) groups excluding carboxylic acids is 1. The van der Waals surface area contributed by atoms with E-state index in [4.69, 9.17) is 9.90 Å². The molecule has 0 bridgehead atoms. The van der Waals surface area contributed by atoms with Crippen molar-refractivity contribution < 1.29 is 14.5 Å². The van der Waals surface area contributed by atoms with Crippen molar-refractivity contribution in [1.29, 1.82) is 0 Å². The summed E-state index contributed by atoms with van der Waals surface area (Å²) in [5, 5.41) is 8.89. The second-order valence-corrected chi connectivity index (χ2v) is 5.33. The molecule has 0 saturated heterocycles. The number of aliphatic carboxylic acids is 1. The van der Waals surface area contributed by atoms with E-state index < -0.39 is 5.97 Å². The first-order valence-corrected chi connectivity index (χ1v) is 7.91. The van der Waals surface area contributed by atoms with Gasteiger partial charge in [0.1, 0.15) is 19.3 Å². The van der Waals surface area contributed by atoms with E-state index in [0.717, 1.165) is 6.92 Å². The Labute approximate surface area is 118 Å². The van der Waals surface area contributed by atoms with E-state index in [0.29, 0.717) is 0 Å². The van der Waals surface area contributed by atoms with E-state index >= 15 is 0 Å². The third-order valence-electron chi connectivity index (χ3n) is 3.34. The van der Waals surface area contributed by atoms with Gasteiger partial charge in [-0.25, -0.2) is 4.58 Å². The predicted molar refractivity (Wildman–Crippen MR) is 78.6 cm³/mol. The lowest BCUT2D eigenvalue weighted by Crippen LogP contribution is -2.16. The molecule has 112 valence electrons. The molecular weight excluding hydrogens is 238 g/mol.